The van der Waals surface area contributed by atoms with Crippen molar-refractivity contribution in [1.29, 1.82) is 0 Å². The van der Waals surface area contributed by atoms with Gasteiger partial charge in [0.25, 0.3) is 0 Å². The highest BCUT2D eigenvalue weighted by Gasteiger charge is 2.92. The van der Waals surface area contributed by atoms with Crippen LogP contribution in [0.1, 0.15) is 83.5 Å². The summed E-state index contributed by atoms with van der Waals surface area (Å²) in [6, 6.07) is 6.26. The molecule has 250 valence electrons. The van der Waals surface area contributed by atoms with Crippen molar-refractivity contribution in [2.75, 3.05) is 0 Å². The Morgan fingerprint density at radius 2 is 1.74 bits per heavy atom. The van der Waals surface area contributed by atoms with Gasteiger partial charge in [0, 0.05) is 23.0 Å². The Morgan fingerprint density at radius 1 is 1.04 bits per heavy atom. The van der Waals surface area contributed by atoms with Crippen molar-refractivity contribution >= 4 is 23.9 Å². The zero-order valence-corrected chi connectivity index (χ0v) is 27.1. The van der Waals surface area contributed by atoms with Crippen LogP contribution in [0.4, 0.5) is 4.79 Å². The molecule has 2 saturated carbocycles. The highest BCUT2D eigenvalue weighted by Crippen LogP contribution is 2.77. The van der Waals surface area contributed by atoms with Crippen LogP contribution in [0.25, 0.3) is 5.76 Å². The molecule has 2 saturated heterocycles. The molecule has 12 heteroatoms. The number of epoxide rings is 2. The lowest BCUT2D eigenvalue weighted by Crippen LogP contribution is -2.74. The van der Waals surface area contributed by atoms with Crippen LogP contribution < -0.4 is 0 Å². The molecule has 2 aromatic rings. The van der Waals surface area contributed by atoms with Gasteiger partial charge in [-0.15, -0.1) is 0 Å². The predicted octanol–water partition coefficient (Wildman–Crippen LogP) is 5.46. The molecule has 1 N–H and O–H groups in total. The molecule has 12 nitrogen and oxygen atoms in total. The van der Waals surface area contributed by atoms with Gasteiger partial charge < -0.3 is 42.4 Å². The Morgan fingerprint density at radius 3 is 2.38 bits per heavy atom. The Balaban J connectivity index is 1.22. The van der Waals surface area contributed by atoms with Gasteiger partial charge in [0.1, 0.15) is 16.8 Å². The van der Waals surface area contributed by atoms with E-state index in [-0.39, 0.29) is 35.4 Å². The fraction of sp³-hybridized carbons (Fsp3) is 0.571. The van der Waals surface area contributed by atoms with Crippen molar-refractivity contribution in [3.63, 3.8) is 0 Å². The maximum atomic E-state index is 13.4. The molecule has 3 aliphatic carbocycles. The van der Waals surface area contributed by atoms with Crippen LogP contribution in [0, 0.1) is 17.3 Å². The maximum absolute atomic E-state index is 13.4. The molecule has 1 spiro atoms. The molecule has 0 aromatic carbocycles. The summed E-state index contributed by atoms with van der Waals surface area (Å²) in [5, 5.41) is 13.1. The number of carbonyl (C=O) groups excluding carboxylic acids is 3. The van der Waals surface area contributed by atoms with Gasteiger partial charge in [-0.25, -0.2) is 14.4 Å². The van der Waals surface area contributed by atoms with E-state index >= 15 is 0 Å². The van der Waals surface area contributed by atoms with E-state index in [0.717, 1.165) is 0 Å². The number of allylic oxidation sites excluding steroid dienone is 1. The Bertz CT molecular complexity index is 1730. The van der Waals surface area contributed by atoms with E-state index in [1.165, 1.54) is 18.6 Å². The van der Waals surface area contributed by atoms with Crippen LogP contribution >= 0.6 is 0 Å². The van der Waals surface area contributed by atoms with Crippen LogP contribution in [0.15, 0.2) is 62.5 Å². The average molecular weight is 651 g/mol. The Hall–Kier alpha value is -3.87. The van der Waals surface area contributed by atoms with E-state index in [4.69, 9.17) is 37.3 Å². The summed E-state index contributed by atoms with van der Waals surface area (Å²) in [6.45, 7) is 11.3. The molecule has 0 amide bonds. The smallest absolute Gasteiger partial charge is 0.461 e. The van der Waals surface area contributed by atoms with Crippen molar-refractivity contribution in [3.05, 3.63) is 65.2 Å². The highest BCUT2D eigenvalue weighted by molar-refractivity contribution is 5.98. The highest BCUT2D eigenvalue weighted by atomic mass is 16.8. The van der Waals surface area contributed by atoms with Crippen LogP contribution in [0.2, 0.25) is 0 Å². The van der Waals surface area contributed by atoms with E-state index < -0.39 is 70.1 Å². The first-order valence-electron chi connectivity index (χ1n) is 16.1. The van der Waals surface area contributed by atoms with Crippen LogP contribution in [-0.4, -0.2) is 63.9 Å². The molecule has 4 fully saturated rings. The van der Waals surface area contributed by atoms with Crippen molar-refractivity contribution in [2.24, 2.45) is 17.3 Å². The zero-order valence-electron chi connectivity index (χ0n) is 27.1. The second-order valence-electron chi connectivity index (χ2n) is 15.0. The van der Waals surface area contributed by atoms with Gasteiger partial charge in [0.2, 0.25) is 11.5 Å². The van der Waals surface area contributed by atoms with Crippen molar-refractivity contribution in [3.8, 4) is 0 Å². The van der Waals surface area contributed by atoms with Gasteiger partial charge in [0.05, 0.1) is 24.7 Å². The Labute approximate surface area is 270 Å². The molecule has 3 aliphatic heterocycles. The minimum Gasteiger partial charge on any atom is -0.461 e. The number of rotatable bonds is 5. The monoisotopic (exact) mass is 650 g/mol. The number of hydrogen-bond donors (Lipinski definition) is 1. The average Bonchev–Trinajstić information content (AvgIpc) is 3.56. The van der Waals surface area contributed by atoms with Gasteiger partial charge in [0.15, 0.2) is 23.2 Å². The van der Waals surface area contributed by atoms with Crippen LogP contribution in [0.3, 0.4) is 0 Å². The zero-order chi connectivity index (χ0) is 33.3. The molecule has 0 unspecified atom stereocenters. The first-order chi connectivity index (χ1) is 22.2. The number of aliphatic hydroxyl groups is 1. The predicted molar refractivity (Wildman–Crippen MR) is 159 cm³/mol. The summed E-state index contributed by atoms with van der Waals surface area (Å²) in [7, 11) is 0. The third kappa shape index (κ3) is 4.01. The second-order valence-corrected chi connectivity index (χ2v) is 15.0. The number of fused-ring (bicyclic) bond motifs is 4. The molecule has 8 atom stereocenters. The maximum Gasteiger partial charge on any atom is 0.509 e. The summed E-state index contributed by atoms with van der Waals surface area (Å²) in [6.07, 6.45) is 1.40. The third-order valence-corrected chi connectivity index (χ3v) is 11.3. The van der Waals surface area contributed by atoms with Crippen LogP contribution in [-0.2, 0) is 33.2 Å². The minimum atomic E-state index is -1.54. The molecular weight excluding hydrogens is 612 g/mol. The first kappa shape index (κ1) is 30.5. The first-order valence-corrected chi connectivity index (χ1v) is 16.1. The molecule has 0 radical (unpaired) electrons. The van der Waals surface area contributed by atoms with Crippen LogP contribution in [0.5, 0.6) is 0 Å². The summed E-state index contributed by atoms with van der Waals surface area (Å²) in [5.41, 5.74) is -4.33. The standard InChI is InChI=1S/C35H38O12/c1-17(2)34-23(45-34)16-33(39)32(6)12-11-18-24(19(32)15-22-35(33,46-22)29(34)44-30(38)47-31(3,4)5)26(43-27(18)36)25(20-9-7-13-40-20)42-28(37)21-10-8-14-41-21/h7-10,13-14,17,19,22-23,29,39H,11-12,15-16H2,1-6H3/b26-25+/t19-,22-,23-,29+,32-,33+,34-,35+/m0/s1. The summed E-state index contributed by atoms with van der Waals surface area (Å²) < 4.78 is 47.2. The molecule has 6 aliphatic rings. The quantitative estimate of drug-likeness (QED) is 0.189. The topological polar surface area (TPSA) is 160 Å². The third-order valence-electron chi connectivity index (χ3n) is 11.3. The number of cyclic esters (lactones) is 1. The Kier molecular flexibility index (Phi) is 6.23. The van der Waals surface area contributed by atoms with Crippen molar-refractivity contribution in [2.45, 2.75) is 108 Å². The fourth-order valence-electron chi connectivity index (χ4n) is 9.03. The summed E-state index contributed by atoms with van der Waals surface area (Å²) >= 11 is 0. The van der Waals surface area contributed by atoms with Gasteiger partial charge in [-0.05, 0) is 76.1 Å². The number of furan rings is 2. The molecule has 8 rings (SSSR count). The molecule has 5 heterocycles. The van der Waals surface area contributed by atoms with E-state index in [1.807, 2.05) is 20.8 Å². The lowest BCUT2D eigenvalue weighted by Gasteiger charge is -2.60. The number of esters is 2. The summed E-state index contributed by atoms with van der Waals surface area (Å²) in [5.74, 6) is -1.73. The number of ether oxygens (including phenoxy) is 6. The number of hydrogen-bond acceptors (Lipinski definition) is 12. The fourth-order valence-corrected chi connectivity index (χ4v) is 9.03. The second kappa shape index (κ2) is 9.61. The number of carbonyl (C=O) groups is 3. The largest absolute Gasteiger partial charge is 0.509 e. The lowest BCUT2D eigenvalue weighted by molar-refractivity contribution is -0.216. The minimum absolute atomic E-state index is 0.0406. The van der Waals surface area contributed by atoms with Gasteiger partial charge in [-0.3, -0.25) is 0 Å². The summed E-state index contributed by atoms with van der Waals surface area (Å²) in [4.78, 5) is 39.7. The van der Waals surface area contributed by atoms with E-state index in [0.29, 0.717) is 30.4 Å². The van der Waals surface area contributed by atoms with E-state index in [2.05, 4.69) is 0 Å². The van der Waals surface area contributed by atoms with Gasteiger partial charge >= 0.3 is 18.1 Å². The van der Waals surface area contributed by atoms with Crippen molar-refractivity contribution < 1.29 is 56.7 Å². The molecular formula is C35H38O12. The SMILES string of the molecule is CC(C)[C@]12O[C@H]1C[C@]1(O)[C@]3(O[C@H]3C[C@H]3C4=C(CC[C@@]31C)C(=O)O/C4=C(/OC(=O)c1ccco1)c1ccco1)[C@@H]2OC(=O)OC(C)(C)C. The van der Waals surface area contributed by atoms with Gasteiger partial charge in [-0.2, -0.15) is 0 Å². The molecule has 47 heavy (non-hydrogen) atoms. The normalized spacial score (nSPS) is 39.1. The molecule has 0 bridgehead atoms. The van der Waals surface area contributed by atoms with Gasteiger partial charge in [-0.1, -0.05) is 20.8 Å². The van der Waals surface area contributed by atoms with E-state index in [9.17, 15) is 19.5 Å². The molecule has 2 aromatic heterocycles. The van der Waals surface area contributed by atoms with Crippen molar-refractivity contribution in [1.82, 2.24) is 0 Å². The lowest BCUT2D eigenvalue weighted by atomic mass is 9.44. The van der Waals surface area contributed by atoms with E-state index in [1.54, 1.807) is 39.0 Å².